The quantitative estimate of drug-likeness (QED) is 0.552. The van der Waals surface area contributed by atoms with Crippen LogP contribution in [0.5, 0.6) is 0 Å². The van der Waals surface area contributed by atoms with Gasteiger partial charge in [0.2, 0.25) is 0 Å². The lowest BCUT2D eigenvalue weighted by Crippen LogP contribution is -2.28. The van der Waals surface area contributed by atoms with Crippen LogP contribution < -0.4 is 16.0 Å². The van der Waals surface area contributed by atoms with Crippen molar-refractivity contribution < 1.29 is 4.79 Å². The van der Waals surface area contributed by atoms with Gasteiger partial charge in [0, 0.05) is 12.2 Å². The number of nitrogens with one attached hydrogen (secondary N) is 3. The van der Waals surface area contributed by atoms with E-state index in [1.807, 2.05) is 26.0 Å². The molecule has 0 atom stereocenters. The van der Waals surface area contributed by atoms with E-state index in [4.69, 9.17) is 5.26 Å². The first-order valence-electron chi connectivity index (χ1n) is 8.32. The Morgan fingerprint density at radius 3 is 2.74 bits per heavy atom. The molecule has 0 bridgehead atoms. The number of anilines is 2. The van der Waals surface area contributed by atoms with Crippen molar-refractivity contribution in [2.75, 3.05) is 17.2 Å². The molecule has 8 heteroatoms. The average molecular weight is 363 g/mol. The van der Waals surface area contributed by atoms with Crippen LogP contribution in [0.4, 0.5) is 27.8 Å². The highest BCUT2D eigenvalue weighted by molar-refractivity contribution is 5.96. The van der Waals surface area contributed by atoms with Crippen molar-refractivity contribution in [2.24, 2.45) is 9.98 Å². The van der Waals surface area contributed by atoms with Crippen LogP contribution in [-0.2, 0) is 0 Å². The van der Waals surface area contributed by atoms with Gasteiger partial charge in [-0.1, -0.05) is 6.07 Å². The number of urea groups is 1. The van der Waals surface area contributed by atoms with Crippen LogP contribution in [-0.4, -0.2) is 30.1 Å². The minimum absolute atomic E-state index is 0.317. The summed E-state index contributed by atoms with van der Waals surface area (Å²) in [7, 11) is 0. The van der Waals surface area contributed by atoms with Crippen LogP contribution in [0.1, 0.15) is 25.0 Å². The summed E-state index contributed by atoms with van der Waals surface area (Å²) in [6.07, 6.45) is 0. The fourth-order valence-electron chi connectivity index (χ4n) is 2.25. The molecule has 0 aliphatic heterocycles. The van der Waals surface area contributed by atoms with Gasteiger partial charge in [0.1, 0.15) is 17.3 Å². The Morgan fingerprint density at radius 1 is 1.30 bits per heavy atom. The minimum Gasteiger partial charge on any atom is -0.344 e. The van der Waals surface area contributed by atoms with E-state index in [0.717, 1.165) is 11.3 Å². The molecule has 0 aliphatic rings. The number of nitrogens with zero attached hydrogens (tertiary/aromatic N) is 4. The van der Waals surface area contributed by atoms with Crippen LogP contribution in [0.3, 0.4) is 0 Å². The fraction of sp³-hybridized carbons (Fsp3) is 0.211. The Morgan fingerprint density at radius 2 is 2.07 bits per heavy atom. The number of pyridine rings is 1. The van der Waals surface area contributed by atoms with Crippen molar-refractivity contribution in [1.82, 2.24) is 10.3 Å². The van der Waals surface area contributed by atoms with Crippen LogP contribution in [0.15, 0.2) is 40.3 Å². The number of benzene rings is 1. The number of rotatable bonds is 5. The molecule has 8 nitrogen and oxygen atoms in total. The molecule has 0 unspecified atom stereocenters. The zero-order valence-corrected chi connectivity index (χ0v) is 15.5. The predicted molar refractivity (Wildman–Crippen MR) is 108 cm³/mol. The first-order chi connectivity index (χ1) is 13.0. The molecule has 1 aromatic carbocycles. The number of amides is 2. The lowest BCUT2D eigenvalue weighted by Gasteiger charge is -2.09. The highest BCUT2D eigenvalue weighted by Crippen LogP contribution is 2.27. The van der Waals surface area contributed by atoms with E-state index in [-0.39, 0.29) is 6.03 Å². The van der Waals surface area contributed by atoms with Gasteiger partial charge in [-0.15, -0.1) is 0 Å². The smallest absolute Gasteiger partial charge is 0.320 e. The van der Waals surface area contributed by atoms with Gasteiger partial charge in [0.25, 0.3) is 0 Å². The molecule has 0 aliphatic carbocycles. The summed E-state index contributed by atoms with van der Waals surface area (Å²) in [5.74, 6) is 1.22. The van der Waals surface area contributed by atoms with Gasteiger partial charge in [-0.05, 0) is 57.3 Å². The zero-order chi connectivity index (χ0) is 19.8. The Hall–Kier alpha value is -3.73. The third-order valence-corrected chi connectivity index (χ3v) is 3.56. The number of aromatic nitrogens is 1. The molecular weight excluding hydrogens is 342 g/mol. The first-order valence-corrected chi connectivity index (χ1v) is 8.32. The monoisotopic (exact) mass is 363 g/mol. The molecule has 1 heterocycles. The first kappa shape index (κ1) is 19.6. The van der Waals surface area contributed by atoms with Gasteiger partial charge in [0.05, 0.1) is 11.6 Å². The average Bonchev–Trinajstić information content (AvgIpc) is 2.63. The Balaban J connectivity index is 2.26. The molecule has 2 amide bonds. The molecule has 0 saturated carbocycles. The third kappa shape index (κ3) is 5.37. The van der Waals surface area contributed by atoms with E-state index >= 15 is 0 Å². The van der Waals surface area contributed by atoms with Crippen LogP contribution in [0, 0.1) is 18.3 Å². The van der Waals surface area contributed by atoms with E-state index in [1.54, 1.807) is 25.1 Å². The van der Waals surface area contributed by atoms with Crippen LogP contribution in [0.25, 0.3) is 0 Å². The second-order valence-corrected chi connectivity index (χ2v) is 5.65. The summed E-state index contributed by atoms with van der Waals surface area (Å²) in [5, 5.41) is 17.5. The maximum atomic E-state index is 11.7. The van der Waals surface area contributed by atoms with E-state index in [0.29, 0.717) is 35.3 Å². The van der Waals surface area contributed by atoms with Gasteiger partial charge in [-0.25, -0.2) is 14.8 Å². The number of carbonyl (C=O) groups is 1. The number of carbonyl (C=O) groups excluding carboxylic acids is 1. The Labute approximate surface area is 158 Å². The number of nitriles is 1. The highest BCUT2D eigenvalue weighted by atomic mass is 16.2. The highest BCUT2D eigenvalue weighted by Gasteiger charge is 2.08. The van der Waals surface area contributed by atoms with Crippen molar-refractivity contribution in [1.29, 1.82) is 5.26 Å². The lowest BCUT2D eigenvalue weighted by atomic mass is 10.1. The largest absolute Gasteiger partial charge is 0.344 e. The number of aliphatic imine (C=N–C) groups is 2. The van der Waals surface area contributed by atoms with Crippen molar-refractivity contribution in [3.8, 4) is 6.07 Å². The second kappa shape index (κ2) is 9.10. The SMILES string of the molecule is C=Nc1ccc(NC(=O)NCC)nc1N=C(C)Nc1ccc(C)c(C#N)c1. The van der Waals surface area contributed by atoms with Gasteiger partial charge in [0.15, 0.2) is 5.82 Å². The van der Waals surface area contributed by atoms with Crippen molar-refractivity contribution in [3.05, 3.63) is 41.5 Å². The van der Waals surface area contributed by atoms with Crippen molar-refractivity contribution in [2.45, 2.75) is 20.8 Å². The predicted octanol–water partition coefficient (Wildman–Crippen LogP) is 3.90. The number of aryl methyl sites for hydroxylation is 1. The molecule has 138 valence electrons. The molecule has 0 saturated heterocycles. The minimum atomic E-state index is -0.349. The number of amidine groups is 1. The van der Waals surface area contributed by atoms with E-state index in [9.17, 15) is 4.79 Å². The molecule has 27 heavy (non-hydrogen) atoms. The Kier molecular flexibility index (Phi) is 6.61. The molecule has 2 rings (SSSR count). The summed E-state index contributed by atoms with van der Waals surface area (Å²) < 4.78 is 0. The maximum absolute atomic E-state index is 11.7. The second-order valence-electron chi connectivity index (χ2n) is 5.65. The van der Waals surface area contributed by atoms with Crippen molar-refractivity contribution in [3.63, 3.8) is 0 Å². The molecule has 2 aromatic rings. The van der Waals surface area contributed by atoms with Crippen LogP contribution in [0.2, 0.25) is 0 Å². The molecule has 3 N–H and O–H groups in total. The van der Waals surface area contributed by atoms with Crippen molar-refractivity contribution >= 4 is 41.6 Å². The summed E-state index contributed by atoms with van der Waals surface area (Å²) in [4.78, 5) is 24.3. The van der Waals surface area contributed by atoms with E-state index in [2.05, 4.69) is 43.7 Å². The van der Waals surface area contributed by atoms with Gasteiger partial charge < -0.3 is 10.6 Å². The summed E-state index contributed by atoms with van der Waals surface area (Å²) in [6, 6.07) is 10.6. The van der Waals surface area contributed by atoms with Gasteiger partial charge in [-0.3, -0.25) is 10.3 Å². The molecule has 0 fully saturated rings. The number of hydrogen-bond acceptors (Lipinski definition) is 5. The maximum Gasteiger partial charge on any atom is 0.320 e. The third-order valence-electron chi connectivity index (χ3n) is 3.56. The van der Waals surface area contributed by atoms with Gasteiger partial charge >= 0.3 is 6.03 Å². The summed E-state index contributed by atoms with van der Waals surface area (Å²) in [6.45, 7) is 9.50. The zero-order valence-electron chi connectivity index (χ0n) is 15.5. The van der Waals surface area contributed by atoms with Crippen LogP contribution >= 0.6 is 0 Å². The molecule has 1 aromatic heterocycles. The van der Waals surface area contributed by atoms with E-state index in [1.165, 1.54) is 0 Å². The molecular formula is C19H21N7O. The summed E-state index contributed by atoms with van der Waals surface area (Å²) >= 11 is 0. The fourth-order valence-corrected chi connectivity index (χ4v) is 2.25. The Bertz CT molecular complexity index is 928. The number of hydrogen-bond donors (Lipinski definition) is 3. The summed E-state index contributed by atoms with van der Waals surface area (Å²) in [5.41, 5.74) is 2.72. The van der Waals surface area contributed by atoms with E-state index < -0.39 is 0 Å². The van der Waals surface area contributed by atoms with Gasteiger partial charge in [-0.2, -0.15) is 5.26 Å². The molecule has 0 radical (unpaired) electrons. The lowest BCUT2D eigenvalue weighted by molar-refractivity contribution is 0.252. The standard InChI is InChI=1S/C19H21N7O/c1-5-22-19(27)26-17-9-8-16(21-4)18(25-17)24-13(3)23-15-7-6-12(2)14(10-15)11-20/h6-10H,4-5H2,1-3H3,(H3,22,23,24,25,26,27). The molecule has 0 spiro atoms. The topological polar surface area (TPSA) is 115 Å². The normalized spacial score (nSPS) is 10.7.